The highest BCUT2D eigenvalue weighted by Gasteiger charge is 2.46. The SMILES string of the molecule is CC(C)OC[C@H]1O[C@@H](n2ccc(N)nc2=O)[C@H](O)[C@@H]1O[PH](=O)O. The van der Waals surface area contributed by atoms with Gasteiger partial charge in [0.1, 0.15) is 24.1 Å². The molecule has 10 nitrogen and oxygen atoms in total. The highest BCUT2D eigenvalue weighted by molar-refractivity contribution is 7.32. The van der Waals surface area contributed by atoms with Crippen molar-refractivity contribution in [2.45, 2.75) is 44.5 Å². The van der Waals surface area contributed by atoms with Gasteiger partial charge in [-0.05, 0) is 19.9 Å². The molecule has 0 spiro atoms. The van der Waals surface area contributed by atoms with Crippen LogP contribution < -0.4 is 11.4 Å². The number of ether oxygens (including phenoxy) is 2. The fraction of sp³-hybridized carbons (Fsp3) is 0.667. The Morgan fingerprint density at radius 3 is 2.83 bits per heavy atom. The zero-order chi connectivity index (χ0) is 17.1. The summed E-state index contributed by atoms with van der Waals surface area (Å²) in [6, 6.07) is 1.38. The highest BCUT2D eigenvalue weighted by atomic mass is 31.1. The van der Waals surface area contributed by atoms with Crippen LogP contribution in [0.4, 0.5) is 5.82 Å². The zero-order valence-electron chi connectivity index (χ0n) is 12.7. The Morgan fingerprint density at radius 2 is 2.26 bits per heavy atom. The molecule has 1 aliphatic heterocycles. The van der Waals surface area contributed by atoms with E-state index in [1.165, 1.54) is 12.3 Å². The standard InChI is InChI=1S/C12H20N3O7P/c1-6(2)20-5-7-10(22-23(18)19)9(16)11(21-7)15-4-3-8(13)14-12(15)17/h3-4,6-7,9-11,16,23H,5H2,1-2H3,(H,18,19)(H2,13,14,17)/t7-,9-,10-,11-/m1/s1. The molecule has 1 aromatic heterocycles. The number of aliphatic hydroxyl groups is 1. The maximum atomic E-state index is 11.9. The molecular formula is C12H20N3O7P. The molecule has 1 saturated heterocycles. The van der Waals surface area contributed by atoms with E-state index in [4.69, 9.17) is 24.6 Å². The maximum absolute atomic E-state index is 11.9. The summed E-state index contributed by atoms with van der Waals surface area (Å²) in [5, 5.41) is 10.3. The second kappa shape index (κ2) is 7.52. The Balaban J connectivity index is 2.24. The first-order valence-electron chi connectivity index (χ1n) is 6.99. The van der Waals surface area contributed by atoms with Crippen LogP contribution in [0.5, 0.6) is 0 Å². The molecule has 1 aliphatic rings. The lowest BCUT2D eigenvalue weighted by molar-refractivity contribution is -0.0763. The van der Waals surface area contributed by atoms with E-state index in [9.17, 15) is 14.5 Å². The van der Waals surface area contributed by atoms with Crippen LogP contribution in [-0.2, 0) is 18.6 Å². The molecule has 1 fully saturated rings. The first kappa shape index (κ1) is 18.1. The van der Waals surface area contributed by atoms with E-state index >= 15 is 0 Å². The second-order valence-corrected chi connectivity index (χ2v) is 6.10. The lowest BCUT2D eigenvalue weighted by atomic mass is 10.1. The minimum Gasteiger partial charge on any atom is -0.386 e. The number of nitrogens with zero attached hydrogens (tertiary/aromatic N) is 2. The quantitative estimate of drug-likeness (QED) is 0.566. The Hall–Kier alpha value is -1.29. The number of rotatable bonds is 6. The summed E-state index contributed by atoms with van der Waals surface area (Å²) in [6.45, 7) is 3.64. The molecule has 2 heterocycles. The third-order valence-corrected chi connectivity index (χ3v) is 3.74. The summed E-state index contributed by atoms with van der Waals surface area (Å²) in [5.74, 6) is 0.0339. The van der Waals surface area contributed by atoms with Crippen molar-refractivity contribution in [2.24, 2.45) is 0 Å². The lowest BCUT2D eigenvalue weighted by Crippen LogP contribution is -2.37. The number of aromatic nitrogens is 2. The molecular weight excluding hydrogens is 329 g/mol. The highest BCUT2D eigenvalue weighted by Crippen LogP contribution is 2.35. The normalized spacial score (nSPS) is 29.1. The van der Waals surface area contributed by atoms with Crippen LogP contribution in [0.3, 0.4) is 0 Å². The zero-order valence-corrected chi connectivity index (χ0v) is 13.7. The van der Waals surface area contributed by atoms with E-state index in [0.717, 1.165) is 4.57 Å². The van der Waals surface area contributed by atoms with Crippen molar-refractivity contribution in [3.8, 4) is 0 Å². The average molecular weight is 349 g/mol. The van der Waals surface area contributed by atoms with Crippen molar-refractivity contribution in [1.29, 1.82) is 0 Å². The Kier molecular flexibility index (Phi) is 5.90. The fourth-order valence-corrected chi connectivity index (χ4v) is 2.78. The predicted octanol–water partition coefficient (Wildman–Crippen LogP) is -0.724. The summed E-state index contributed by atoms with van der Waals surface area (Å²) >= 11 is 0. The number of hydrogen-bond donors (Lipinski definition) is 3. The number of hydrogen-bond acceptors (Lipinski definition) is 8. The van der Waals surface area contributed by atoms with E-state index in [0.29, 0.717) is 0 Å². The second-order valence-electron chi connectivity index (χ2n) is 5.33. The van der Waals surface area contributed by atoms with Gasteiger partial charge in [-0.1, -0.05) is 0 Å². The molecule has 23 heavy (non-hydrogen) atoms. The topological polar surface area (TPSA) is 146 Å². The van der Waals surface area contributed by atoms with E-state index in [1.54, 1.807) is 0 Å². The van der Waals surface area contributed by atoms with Gasteiger partial charge in [0.15, 0.2) is 6.23 Å². The van der Waals surface area contributed by atoms with Crippen LogP contribution in [0.1, 0.15) is 20.1 Å². The molecule has 1 aromatic rings. The molecule has 0 saturated carbocycles. The third-order valence-electron chi connectivity index (χ3n) is 3.27. The number of aliphatic hydroxyl groups excluding tert-OH is 1. The summed E-state index contributed by atoms with van der Waals surface area (Å²) in [7, 11) is -3.31. The molecule has 0 bridgehead atoms. The van der Waals surface area contributed by atoms with Crippen molar-refractivity contribution in [1.82, 2.24) is 9.55 Å². The van der Waals surface area contributed by atoms with E-state index in [-0.39, 0.29) is 18.5 Å². The molecule has 4 N–H and O–H groups in total. The summed E-state index contributed by atoms with van der Waals surface area (Å²) in [5.41, 5.74) is 4.71. The minimum atomic E-state index is -3.31. The van der Waals surface area contributed by atoms with E-state index in [1.807, 2.05) is 13.8 Å². The molecule has 0 radical (unpaired) electrons. The number of anilines is 1. The first-order valence-corrected chi connectivity index (χ1v) is 8.25. The predicted molar refractivity (Wildman–Crippen MR) is 80.0 cm³/mol. The molecule has 5 atom stereocenters. The van der Waals surface area contributed by atoms with Gasteiger partial charge in [-0.25, -0.2) is 4.79 Å². The monoisotopic (exact) mass is 349 g/mol. The Bertz CT molecular complexity index is 623. The van der Waals surface area contributed by atoms with Gasteiger partial charge in [0, 0.05) is 6.20 Å². The number of nitrogens with two attached hydrogens (primary N) is 1. The van der Waals surface area contributed by atoms with Crippen LogP contribution in [0, 0.1) is 0 Å². The smallest absolute Gasteiger partial charge is 0.351 e. The molecule has 0 aromatic carbocycles. The summed E-state index contributed by atoms with van der Waals surface area (Å²) < 4.78 is 27.9. The van der Waals surface area contributed by atoms with Crippen LogP contribution >= 0.6 is 8.25 Å². The lowest BCUT2D eigenvalue weighted by Gasteiger charge is -2.19. The molecule has 0 aliphatic carbocycles. The fourth-order valence-electron chi connectivity index (χ4n) is 2.25. The van der Waals surface area contributed by atoms with Crippen LogP contribution in [0.25, 0.3) is 0 Å². The largest absolute Gasteiger partial charge is 0.386 e. The Morgan fingerprint density at radius 1 is 1.57 bits per heavy atom. The average Bonchev–Trinajstić information content (AvgIpc) is 2.73. The van der Waals surface area contributed by atoms with Crippen LogP contribution in [0.15, 0.2) is 17.1 Å². The third kappa shape index (κ3) is 4.37. The van der Waals surface area contributed by atoms with Crippen molar-refractivity contribution in [3.63, 3.8) is 0 Å². The summed E-state index contributed by atoms with van der Waals surface area (Å²) in [6.07, 6.45) is -3.18. The van der Waals surface area contributed by atoms with E-state index < -0.39 is 38.5 Å². The van der Waals surface area contributed by atoms with Gasteiger partial charge in [0.2, 0.25) is 0 Å². The number of nitrogen functional groups attached to an aromatic ring is 1. The van der Waals surface area contributed by atoms with Gasteiger partial charge in [-0.2, -0.15) is 4.98 Å². The van der Waals surface area contributed by atoms with Gasteiger partial charge in [-0.3, -0.25) is 9.13 Å². The van der Waals surface area contributed by atoms with Crippen LogP contribution in [0.2, 0.25) is 0 Å². The summed E-state index contributed by atoms with van der Waals surface area (Å²) in [4.78, 5) is 24.4. The maximum Gasteiger partial charge on any atom is 0.351 e. The molecule has 1 unspecified atom stereocenters. The van der Waals surface area contributed by atoms with Crippen molar-refractivity contribution in [3.05, 3.63) is 22.7 Å². The minimum absolute atomic E-state index is 0.0300. The molecule has 2 rings (SSSR count). The van der Waals surface area contributed by atoms with Gasteiger partial charge < -0.3 is 29.7 Å². The molecule has 11 heteroatoms. The van der Waals surface area contributed by atoms with Gasteiger partial charge >= 0.3 is 13.9 Å². The van der Waals surface area contributed by atoms with Crippen molar-refractivity contribution in [2.75, 3.05) is 12.3 Å². The van der Waals surface area contributed by atoms with Gasteiger partial charge in [0.05, 0.1) is 12.7 Å². The van der Waals surface area contributed by atoms with Crippen molar-refractivity contribution >= 4 is 14.1 Å². The van der Waals surface area contributed by atoms with E-state index in [2.05, 4.69) is 4.98 Å². The van der Waals surface area contributed by atoms with Crippen LogP contribution in [-0.4, -0.2) is 50.6 Å². The molecule has 0 amide bonds. The first-order chi connectivity index (χ1) is 10.8. The Labute approximate surface area is 132 Å². The molecule has 130 valence electrons. The van der Waals surface area contributed by atoms with Crippen molar-refractivity contribution < 1.29 is 28.6 Å². The van der Waals surface area contributed by atoms with Gasteiger partial charge in [-0.15, -0.1) is 0 Å². The van der Waals surface area contributed by atoms with Gasteiger partial charge in [0.25, 0.3) is 0 Å².